The van der Waals surface area contributed by atoms with Gasteiger partial charge >= 0.3 is 0 Å². The Hall–Kier alpha value is -0.420. The molecule has 0 amide bonds. The van der Waals surface area contributed by atoms with Gasteiger partial charge in [0.05, 0.1) is 6.61 Å². The van der Waals surface area contributed by atoms with Gasteiger partial charge in [0, 0.05) is 0 Å². The molecule has 0 rings (SSSR count). The van der Waals surface area contributed by atoms with Crippen LogP contribution >= 0.6 is 0 Å². The Morgan fingerprint density at radius 1 is 1.30 bits per heavy atom. The highest BCUT2D eigenvalue weighted by Crippen LogP contribution is 1.99. The molecule has 0 bridgehead atoms. The Labute approximate surface area is 59.1 Å². The summed E-state index contributed by atoms with van der Waals surface area (Å²) in [6, 6.07) is 0. The molecule has 4 heteroatoms. The van der Waals surface area contributed by atoms with Gasteiger partial charge in [-0.1, -0.05) is 6.08 Å². The van der Waals surface area contributed by atoms with Crippen LogP contribution in [0.5, 0.6) is 0 Å². The summed E-state index contributed by atoms with van der Waals surface area (Å²) in [5.41, 5.74) is 0. The molecule has 0 aromatic heterocycles. The van der Waals surface area contributed by atoms with E-state index in [2.05, 4.69) is 6.58 Å². The normalized spacial score (nSPS) is 19.6. The molecule has 3 unspecified atom stereocenters. The van der Waals surface area contributed by atoms with Gasteiger partial charge in [-0.15, -0.1) is 6.58 Å². The minimum Gasteiger partial charge on any atom is -0.394 e. The molecular weight excluding hydrogens is 136 g/mol. The highest BCUT2D eigenvalue weighted by atomic mass is 16.4. The third-order valence-corrected chi connectivity index (χ3v) is 1.17. The molecule has 0 aliphatic carbocycles. The molecule has 0 aliphatic rings. The molecule has 0 fully saturated rings. The lowest BCUT2D eigenvalue weighted by atomic mass is 10.1. The van der Waals surface area contributed by atoms with Crippen molar-refractivity contribution in [1.29, 1.82) is 0 Å². The van der Waals surface area contributed by atoms with Crippen molar-refractivity contribution < 1.29 is 20.4 Å². The lowest BCUT2D eigenvalue weighted by molar-refractivity contribution is -0.0609. The number of hydrogen-bond donors (Lipinski definition) is 4. The highest BCUT2D eigenvalue weighted by molar-refractivity contribution is 4.87. The van der Waals surface area contributed by atoms with Crippen molar-refractivity contribution in [3.05, 3.63) is 12.7 Å². The molecule has 3 atom stereocenters. The van der Waals surface area contributed by atoms with Gasteiger partial charge in [0.2, 0.25) is 0 Å². The molecule has 0 aromatic carbocycles. The van der Waals surface area contributed by atoms with Crippen LogP contribution in [0, 0.1) is 0 Å². The zero-order valence-corrected chi connectivity index (χ0v) is 5.51. The fourth-order valence-electron chi connectivity index (χ4n) is 0.475. The largest absolute Gasteiger partial charge is 0.394 e. The first kappa shape index (κ1) is 9.58. The van der Waals surface area contributed by atoms with Crippen LogP contribution in [0.25, 0.3) is 0 Å². The summed E-state index contributed by atoms with van der Waals surface area (Å²) in [4.78, 5) is 0. The van der Waals surface area contributed by atoms with Gasteiger partial charge < -0.3 is 20.4 Å². The SMILES string of the molecule is C=CC(O)C(O)C(O)CO. The summed E-state index contributed by atoms with van der Waals surface area (Å²) in [6.07, 6.45) is -2.78. The van der Waals surface area contributed by atoms with Crippen LogP contribution in [0.15, 0.2) is 12.7 Å². The molecular formula is C6H12O4. The number of hydrogen-bond acceptors (Lipinski definition) is 4. The van der Waals surface area contributed by atoms with E-state index >= 15 is 0 Å². The van der Waals surface area contributed by atoms with Gasteiger partial charge in [-0.05, 0) is 0 Å². The van der Waals surface area contributed by atoms with E-state index in [1.807, 2.05) is 0 Å². The fraction of sp³-hybridized carbons (Fsp3) is 0.667. The number of aliphatic hydroxyl groups is 4. The van der Waals surface area contributed by atoms with Crippen molar-refractivity contribution in [2.75, 3.05) is 6.61 Å². The molecule has 4 N–H and O–H groups in total. The predicted molar refractivity (Wildman–Crippen MR) is 35.3 cm³/mol. The Morgan fingerprint density at radius 2 is 1.80 bits per heavy atom. The summed E-state index contributed by atoms with van der Waals surface area (Å²) in [5, 5.41) is 34.7. The maximum atomic E-state index is 8.85. The Kier molecular flexibility index (Phi) is 4.22. The van der Waals surface area contributed by atoms with Crippen LogP contribution in [0.2, 0.25) is 0 Å². The summed E-state index contributed by atoms with van der Waals surface area (Å²) >= 11 is 0. The summed E-state index contributed by atoms with van der Waals surface area (Å²) < 4.78 is 0. The first-order valence-electron chi connectivity index (χ1n) is 2.91. The second-order valence-corrected chi connectivity index (χ2v) is 1.97. The van der Waals surface area contributed by atoms with Crippen molar-refractivity contribution in [3.63, 3.8) is 0 Å². The standard InChI is InChI=1S/C6H12O4/c1-2-4(8)6(10)5(9)3-7/h2,4-10H,1,3H2. The van der Waals surface area contributed by atoms with Crippen LogP contribution < -0.4 is 0 Å². The van der Waals surface area contributed by atoms with E-state index in [-0.39, 0.29) is 0 Å². The van der Waals surface area contributed by atoms with E-state index in [1.54, 1.807) is 0 Å². The zero-order valence-electron chi connectivity index (χ0n) is 5.51. The Balaban J connectivity index is 3.80. The van der Waals surface area contributed by atoms with Crippen LogP contribution in [-0.4, -0.2) is 45.3 Å². The van der Waals surface area contributed by atoms with Gasteiger partial charge in [0.25, 0.3) is 0 Å². The van der Waals surface area contributed by atoms with Gasteiger partial charge in [0.1, 0.15) is 18.3 Å². The summed E-state index contributed by atoms with van der Waals surface area (Å²) in [7, 11) is 0. The quantitative estimate of drug-likeness (QED) is 0.356. The monoisotopic (exact) mass is 148 g/mol. The van der Waals surface area contributed by atoms with Gasteiger partial charge in [-0.25, -0.2) is 0 Å². The summed E-state index contributed by atoms with van der Waals surface area (Å²) in [5.74, 6) is 0. The van der Waals surface area contributed by atoms with E-state index in [1.165, 1.54) is 0 Å². The van der Waals surface area contributed by atoms with E-state index in [0.717, 1.165) is 6.08 Å². The van der Waals surface area contributed by atoms with E-state index < -0.39 is 24.9 Å². The van der Waals surface area contributed by atoms with Gasteiger partial charge in [-0.2, -0.15) is 0 Å². The second-order valence-electron chi connectivity index (χ2n) is 1.97. The van der Waals surface area contributed by atoms with Crippen LogP contribution in [-0.2, 0) is 0 Å². The van der Waals surface area contributed by atoms with Gasteiger partial charge in [-0.3, -0.25) is 0 Å². The highest BCUT2D eigenvalue weighted by Gasteiger charge is 2.20. The van der Waals surface area contributed by atoms with Crippen molar-refractivity contribution in [2.24, 2.45) is 0 Å². The third-order valence-electron chi connectivity index (χ3n) is 1.17. The molecule has 0 heterocycles. The maximum Gasteiger partial charge on any atom is 0.112 e. The molecule has 0 radical (unpaired) electrons. The molecule has 10 heavy (non-hydrogen) atoms. The van der Waals surface area contributed by atoms with Crippen LogP contribution in [0.1, 0.15) is 0 Å². The molecule has 0 spiro atoms. The second kappa shape index (κ2) is 4.40. The maximum absolute atomic E-state index is 8.85. The predicted octanol–water partition coefficient (Wildman–Crippen LogP) is -1.75. The van der Waals surface area contributed by atoms with E-state index in [4.69, 9.17) is 20.4 Å². The smallest absolute Gasteiger partial charge is 0.112 e. The molecule has 0 aliphatic heterocycles. The first-order chi connectivity index (χ1) is 4.63. The fourth-order valence-corrected chi connectivity index (χ4v) is 0.475. The Morgan fingerprint density at radius 3 is 2.10 bits per heavy atom. The molecule has 4 nitrogen and oxygen atoms in total. The van der Waals surface area contributed by atoms with Crippen molar-refractivity contribution in [1.82, 2.24) is 0 Å². The zero-order chi connectivity index (χ0) is 8.15. The average molecular weight is 148 g/mol. The van der Waals surface area contributed by atoms with E-state index in [9.17, 15) is 0 Å². The molecule has 0 saturated heterocycles. The third kappa shape index (κ3) is 2.45. The minimum absolute atomic E-state index is 0.577. The number of aliphatic hydroxyl groups excluding tert-OH is 4. The Bertz CT molecular complexity index is 104. The first-order valence-corrected chi connectivity index (χ1v) is 2.91. The lowest BCUT2D eigenvalue weighted by Crippen LogP contribution is -2.38. The van der Waals surface area contributed by atoms with Crippen molar-refractivity contribution in [2.45, 2.75) is 18.3 Å². The average Bonchev–Trinajstić information content (AvgIpc) is 2.00. The molecule has 0 saturated carbocycles. The topological polar surface area (TPSA) is 80.9 Å². The lowest BCUT2D eigenvalue weighted by Gasteiger charge is -2.18. The van der Waals surface area contributed by atoms with E-state index in [0.29, 0.717) is 0 Å². The van der Waals surface area contributed by atoms with Crippen LogP contribution in [0.3, 0.4) is 0 Å². The van der Waals surface area contributed by atoms with Crippen molar-refractivity contribution in [3.8, 4) is 0 Å². The van der Waals surface area contributed by atoms with Gasteiger partial charge in [0.15, 0.2) is 0 Å². The number of rotatable bonds is 4. The van der Waals surface area contributed by atoms with Crippen molar-refractivity contribution >= 4 is 0 Å². The summed E-state index contributed by atoms with van der Waals surface area (Å²) in [6.45, 7) is 2.62. The molecule has 60 valence electrons. The molecule has 0 aromatic rings. The van der Waals surface area contributed by atoms with Crippen LogP contribution in [0.4, 0.5) is 0 Å². The minimum atomic E-state index is -1.36.